The van der Waals surface area contributed by atoms with E-state index in [4.69, 9.17) is 26.3 Å². The number of rotatable bonds is 7. The zero-order chi connectivity index (χ0) is 31.3. The zero-order valence-electron chi connectivity index (χ0n) is 25.5. The molecule has 1 amide bonds. The molecule has 3 atom stereocenters. The number of aromatic nitrogens is 2. The van der Waals surface area contributed by atoms with Crippen LogP contribution in [0.5, 0.6) is 6.01 Å². The van der Waals surface area contributed by atoms with Crippen LogP contribution < -0.4 is 9.64 Å². The minimum Gasteiger partial charge on any atom is -0.443 e. The standard InChI is InChI=1S/C34H38ClF2N6O2/c1-3-29(44)42-14-10-22(18-42)17-40(2)32-25-11-15-41(28-7-4-6-23-8-9-26(37)31(35)30(23)28)20-27(25)38-33(39-32)45-21-34-12-5-13-43(34)19-24(36)16-34/h3-4,6-9,17,22,24H,1,5,10-16,18-21H2,2H3/q+1/b40-17-/t22?,24-,34+/m1/s1. The normalized spacial score (nSPS) is 25.1. The second-order valence-corrected chi connectivity index (χ2v) is 13.2. The van der Waals surface area contributed by atoms with E-state index >= 15 is 0 Å². The van der Waals surface area contributed by atoms with Crippen LogP contribution in [-0.4, -0.2) is 94.6 Å². The van der Waals surface area contributed by atoms with Crippen molar-refractivity contribution >= 4 is 46.0 Å². The molecule has 236 valence electrons. The van der Waals surface area contributed by atoms with Gasteiger partial charge >= 0.3 is 11.8 Å². The third kappa shape index (κ3) is 5.56. The molecule has 0 saturated carbocycles. The number of benzene rings is 2. The van der Waals surface area contributed by atoms with E-state index in [0.717, 1.165) is 54.0 Å². The number of carbonyl (C=O) groups is 1. The summed E-state index contributed by atoms with van der Waals surface area (Å²) in [4.78, 5) is 28.2. The van der Waals surface area contributed by atoms with E-state index in [1.165, 1.54) is 12.1 Å². The van der Waals surface area contributed by atoms with Crippen molar-refractivity contribution < 1.29 is 22.9 Å². The van der Waals surface area contributed by atoms with Gasteiger partial charge in [-0.1, -0.05) is 36.4 Å². The van der Waals surface area contributed by atoms with E-state index in [-0.39, 0.29) is 28.4 Å². The van der Waals surface area contributed by atoms with Gasteiger partial charge in [-0.25, -0.2) is 13.4 Å². The largest absolute Gasteiger partial charge is 0.443 e. The number of likely N-dealkylation sites (tertiary alicyclic amines) is 1. The summed E-state index contributed by atoms with van der Waals surface area (Å²) in [6.07, 6.45) is 6.55. The zero-order valence-corrected chi connectivity index (χ0v) is 26.3. The Bertz CT molecular complexity index is 1700. The molecule has 0 radical (unpaired) electrons. The van der Waals surface area contributed by atoms with Crippen molar-refractivity contribution in [2.24, 2.45) is 5.92 Å². The van der Waals surface area contributed by atoms with Crippen LogP contribution in [0.3, 0.4) is 0 Å². The van der Waals surface area contributed by atoms with Crippen molar-refractivity contribution in [3.63, 3.8) is 0 Å². The molecular weight excluding hydrogens is 598 g/mol. The predicted molar refractivity (Wildman–Crippen MR) is 171 cm³/mol. The molecule has 3 fully saturated rings. The lowest BCUT2D eigenvalue weighted by Crippen LogP contribution is -2.43. The van der Waals surface area contributed by atoms with Gasteiger partial charge in [0.05, 0.1) is 41.6 Å². The van der Waals surface area contributed by atoms with Crippen LogP contribution in [0.1, 0.15) is 36.9 Å². The molecule has 0 bridgehead atoms. The van der Waals surface area contributed by atoms with Gasteiger partial charge in [0.1, 0.15) is 18.6 Å². The number of amides is 1. The Hall–Kier alpha value is -3.63. The Morgan fingerprint density at radius 2 is 2.09 bits per heavy atom. The van der Waals surface area contributed by atoms with E-state index in [2.05, 4.69) is 22.6 Å². The second kappa shape index (κ2) is 11.9. The summed E-state index contributed by atoms with van der Waals surface area (Å²) in [5, 5.41) is 1.66. The van der Waals surface area contributed by atoms with Gasteiger partial charge in [0.25, 0.3) is 0 Å². The molecule has 8 nitrogen and oxygen atoms in total. The SMILES string of the molecule is C=CC(=O)N1CCC(/C=[N+](/C)c2nc(OC[C@@]34CCCN3C[C@H](F)C4)nc3c2CCN(c2cccc4ccc(F)c(Cl)c24)C3)C1. The molecule has 3 saturated heterocycles. The molecule has 4 aliphatic rings. The lowest BCUT2D eigenvalue weighted by Gasteiger charge is -2.32. The molecule has 1 aromatic heterocycles. The van der Waals surface area contributed by atoms with Gasteiger partial charge in [0.15, 0.2) is 0 Å². The van der Waals surface area contributed by atoms with Crippen molar-refractivity contribution in [3.05, 3.63) is 65.1 Å². The monoisotopic (exact) mass is 635 g/mol. The van der Waals surface area contributed by atoms with Gasteiger partial charge in [-0.05, 0) is 49.4 Å². The number of fused-ring (bicyclic) bond motifs is 3. The van der Waals surface area contributed by atoms with Gasteiger partial charge < -0.3 is 14.5 Å². The molecule has 11 heteroatoms. The summed E-state index contributed by atoms with van der Waals surface area (Å²) in [5.41, 5.74) is 2.38. The third-order valence-electron chi connectivity index (χ3n) is 9.99. The Balaban J connectivity index is 1.23. The van der Waals surface area contributed by atoms with E-state index in [1.807, 2.05) is 34.7 Å². The van der Waals surface area contributed by atoms with E-state index in [0.29, 0.717) is 57.6 Å². The first-order chi connectivity index (χ1) is 21.7. The first-order valence-corrected chi connectivity index (χ1v) is 16.1. The van der Waals surface area contributed by atoms with Crippen molar-refractivity contribution in [2.75, 3.05) is 51.3 Å². The summed E-state index contributed by atoms with van der Waals surface area (Å²) in [6, 6.07) is 9.27. The molecule has 4 aliphatic heterocycles. The third-order valence-corrected chi connectivity index (χ3v) is 10.4. The Morgan fingerprint density at radius 1 is 1.22 bits per heavy atom. The highest BCUT2D eigenvalue weighted by Gasteiger charge is 2.49. The fraction of sp³-hybridized carbons (Fsp3) is 0.471. The summed E-state index contributed by atoms with van der Waals surface area (Å²) >= 11 is 6.50. The quantitative estimate of drug-likeness (QED) is 0.199. The molecule has 0 spiro atoms. The first kappa shape index (κ1) is 30.0. The minimum atomic E-state index is -0.848. The number of alkyl halides is 1. The highest BCUT2D eigenvalue weighted by Crippen LogP contribution is 2.41. The summed E-state index contributed by atoms with van der Waals surface area (Å²) in [5.74, 6) is 0.433. The minimum absolute atomic E-state index is 0.0556. The van der Waals surface area contributed by atoms with Gasteiger partial charge in [0.2, 0.25) is 5.91 Å². The second-order valence-electron chi connectivity index (χ2n) is 12.8. The number of hydrogen-bond donors (Lipinski definition) is 0. The molecular formula is C34H38ClF2N6O2+. The van der Waals surface area contributed by atoms with Gasteiger partial charge in [-0.15, -0.1) is 0 Å². The maximum atomic E-state index is 14.6. The molecule has 0 N–H and O–H groups in total. The number of ether oxygens (including phenoxy) is 1. The molecule has 1 unspecified atom stereocenters. The predicted octanol–water partition coefficient (Wildman–Crippen LogP) is 5.32. The summed E-state index contributed by atoms with van der Waals surface area (Å²) in [7, 11) is 1.98. The Labute approximate surface area is 266 Å². The highest BCUT2D eigenvalue weighted by atomic mass is 35.5. The fourth-order valence-corrected chi connectivity index (χ4v) is 8.05. The maximum absolute atomic E-state index is 14.6. The maximum Gasteiger partial charge on any atom is 0.434 e. The lowest BCUT2D eigenvalue weighted by molar-refractivity contribution is -0.407. The molecule has 5 heterocycles. The van der Waals surface area contributed by atoms with Crippen molar-refractivity contribution in [1.82, 2.24) is 19.8 Å². The van der Waals surface area contributed by atoms with Crippen molar-refractivity contribution in [2.45, 2.75) is 50.4 Å². The average molecular weight is 636 g/mol. The topological polar surface area (TPSA) is 64.8 Å². The number of hydrogen-bond acceptors (Lipinski definition) is 6. The van der Waals surface area contributed by atoms with Crippen molar-refractivity contribution in [1.29, 1.82) is 0 Å². The molecule has 3 aromatic rings. The number of anilines is 1. The Morgan fingerprint density at radius 3 is 2.93 bits per heavy atom. The first-order valence-electron chi connectivity index (χ1n) is 15.8. The van der Waals surface area contributed by atoms with E-state index in [9.17, 15) is 13.6 Å². The molecule has 45 heavy (non-hydrogen) atoms. The number of nitrogens with zero attached hydrogens (tertiary/aromatic N) is 6. The van der Waals surface area contributed by atoms with Gasteiger partial charge in [-0.2, -0.15) is 4.98 Å². The smallest absolute Gasteiger partial charge is 0.434 e. The number of carbonyl (C=O) groups excluding carboxylic acids is 1. The lowest BCUT2D eigenvalue weighted by atomic mass is 9.95. The van der Waals surface area contributed by atoms with Crippen LogP contribution in [0.15, 0.2) is 43.0 Å². The highest BCUT2D eigenvalue weighted by molar-refractivity contribution is 6.36. The molecule has 2 aromatic carbocycles. The van der Waals surface area contributed by atoms with Crippen LogP contribution in [0.25, 0.3) is 10.8 Å². The summed E-state index contributed by atoms with van der Waals surface area (Å²) < 4.78 is 37.4. The van der Waals surface area contributed by atoms with Gasteiger partial charge in [-0.3, -0.25) is 9.69 Å². The van der Waals surface area contributed by atoms with Gasteiger partial charge in [0, 0.05) is 61.0 Å². The van der Waals surface area contributed by atoms with Crippen LogP contribution in [0.2, 0.25) is 5.02 Å². The van der Waals surface area contributed by atoms with Crippen molar-refractivity contribution in [3.8, 4) is 6.01 Å². The molecule has 0 aliphatic carbocycles. The Kier molecular flexibility index (Phi) is 7.98. The van der Waals surface area contributed by atoms with Crippen LogP contribution in [0, 0.1) is 11.7 Å². The molecule has 7 rings (SSSR count). The van der Waals surface area contributed by atoms with Crippen LogP contribution >= 0.6 is 11.6 Å². The average Bonchev–Trinajstić information content (AvgIpc) is 3.75. The van der Waals surface area contributed by atoms with E-state index in [1.54, 1.807) is 6.07 Å². The van der Waals surface area contributed by atoms with Crippen LogP contribution in [-0.2, 0) is 17.8 Å². The van der Waals surface area contributed by atoms with E-state index < -0.39 is 12.0 Å². The summed E-state index contributed by atoms with van der Waals surface area (Å²) in [6.45, 7) is 7.75. The van der Waals surface area contributed by atoms with Crippen LogP contribution in [0.4, 0.5) is 20.3 Å². The fourth-order valence-electron chi connectivity index (χ4n) is 7.78. The number of halogens is 3.